The maximum absolute atomic E-state index is 14.5. The Morgan fingerprint density at radius 3 is 1.24 bits per heavy atom. The third-order valence-electron chi connectivity index (χ3n) is 7.72. The van der Waals surface area contributed by atoms with Gasteiger partial charge < -0.3 is 14.4 Å². The zero-order valence-corrected chi connectivity index (χ0v) is 24.0. The monoisotopic (exact) mass is 494 g/mol. The van der Waals surface area contributed by atoms with E-state index in [2.05, 4.69) is 101 Å². The summed E-state index contributed by atoms with van der Waals surface area (Å²) in [6.45, 7) is 19.3. The van der Waals surface area contributed by atoms with Crippen LogP contribution in [-0.2, 0) is 0 Å². The van der Waals surface area contributed by atoms with E-state index in [0.717, 1.165) is 18.7 Å². The normalized spacial score (nSPS) is 14.1. The second-order valence-electron chi connectivity index (χ2n) is 11.7. The number of rotatable bonds is 8. The average molecular weight is 495 g/mol. The minimum Gasteiger partial charge on any atom is -0.387 e. The highest BCUT2D eigenvalue weighted by Crippen LogP contribution is 2.42. The van der Waals surface area contributed by atoms with Crippen molar-refractivity contribution < 1.29 is 4.79 Å². The van der Waals surface area contributed by atoms with Crippen LogP contribution >= 0.6 is 0 Å². The molecule has 0 aromatic heterocycles. The van der Waals surface area contributed by atoms with Crippen LogP contribution in [-0.4, -0.2) is 25.8 Å². The van der Waals surface area contributed by atoms with Gasteiger partial charge in [0.25, 0.3) is 0 Å². The lowest BCUT2D eigenvalue weighted by molar-refractivity contribution is 0.107. The number of carbonyl (C=O) groups excluding carboxylic acids is 1. The van der Waals surface area contributed by atoms with Crippen molar-refractivity contribution in [1.29, 1.82) is 0 Å². The highest BCUT2D eigenvalue weighted by atomic mass is 16.1. The van der Waals surface area contributed by atoms with Crippen molar-refractivity contribution in [2.75, 3.05) is 22.7 Å². The molecular weight excluding hydrogens is 451 g/mol. The predicted octanol–water partition coefficient (Wildman–Crippen LogP) is 8.42. The first kappa shape index (κ1) is 27.0. The molecule has 1 aliphatic rings. The van der Waals surface area contributed by atoms with Gasteiger partial charge in [0.2, 0.25) is 0 Å². The van der Waals surface area contributed by atoms with Crippen molar-refractivity contribution in [1.82, 2.24) is 0 Å². The van der Waals surface area contributed by atoms with Gasteiger partial charge in [-0.15, -0.1) is 0 Å². The molecule has 1 aliphatic heterocycles. The first-order chi connectivity index (χ1) is 17.6. The number of anilines is 2. The van der Waals surface area contributed by atoms with Crippen LogP contribution in [0.2, 0.25) is 0 Å². The fourth-order valence-corrected chi connectivity index (χ4v) is 5.82. The number of para-hydroxylation sites is 2. The summed E-state index contributed by atoms with van der Waals surface area (Å²) < 4.78 is 0. The highest BCUT2D eigenvalue weighted by Gasteiger charge is 2.46. The summed E-state index contributed by atoms with van der Waals surface area (Å²) in [4.78, 5) is 19.3. The van der Waals surface area contributed by atoms with E-state index in [1.807, 2.05) is 30.3 Å². The smallest absolute Gasteiger partial charge is 0.387 e. The molecule has 0 aliphatic carbocycles. The van der Waals surface area contributed by atoms with Gasteiger partial charge in [-0.25, -0.2) is 0 Å². The average Bonchev–Trinajstić information content (AvgIpc) is 3.32. The largest absolute Gasteiger partial charge is 0.456 e. The zero-order valence-electron chi connectivity index (χ0n) is 24.0. The molecule has 3 aromatic rings. The van der Waals surface area contributed by atoms with Crippen molar-refractivity contribution in [2.24, 2.45) is 0 Å². The summed E-state index contributed by atoms with van der Waals surface area (Å²) in [5.74, 6) is 1.46. The number of hydrogen-bond acceptors (Lipinski definition) is 3. The lowest BCUT2D eigenvalue weighted by Crippen LogP contribution is -2.52. The molecule has 0 saturated carbocycles. The van der Waals surface area contributed by atoms with Gasteiger partial charge in [-0.05, 0) is 45.9 Å². The number of carbonyl (C=O) groups is 1. The van der Waals surface area contributed by atoms with Gasteiger partial charge >= 0.3 is 6.98 Å². The van der Waals surface area contributed by atoms with Crippen molar-refractivity contribution in [3.8, 4) is 0 Å². The van der Waals surface area contributed by atoms with E-state index in [1.54, 1.807) is 0 Å². The minimum atomic E-state index is -0.391. The van der Waals surface area contributed by atoms with E-state index in [1.165, 1.54) is 33.6 Å². The Morgan fingerprint density at radius 2 is 0.919 bits per heavy atom. The van der Waals surface area contributed by atoms with Crippen LogP contribution < -0.4 is 9.62 Å². The molecule has 0 unspecified atom stereocenters. The van der Waals surface area contributed by atoms with Gasteiger partial charge in [0.1, 0.15) is 0 Å². The second kappa shape index (κ2) is 11.2. The number of benzene rings is 3. The first-order valence-electron chi connectivity index (χ1n) is 14.0. The molecule has 1 heterocycles. The van der Waals surface area contributed by atoms with Crippen LogP contribution in [0, 0.1) is 0 Å². The molecule has 0 amide bonds. The van der Waals surface area contributed by atoms with Crippen molar-refractivity contribution >= 4 is 24.0 Å². The van der Waals surface area contributed by atoms with Gasteiger partial charge in [-0.3, -0.25) is 0 Å². The van der Waals surface area contributed by atoms with Crippen molar-refractivity contribution in [3.63, 3.8) is 0 Å². The molecule has 3 nitrogen and oxygen atoms in total. The van der Waals surface area contributed by atoms with Crippen LogP contribution in [0.1, 0.15) is 112 Å². The highest BCUT2D eigenvalue weighted by molar-refractivity contribution is 6.98. The molecule has 1 fully saturated rings. The van der Waals surface area contributed by atoms with E-state index in [4.69, 9.17) is 0 Å². The van der Waals surface area contributed by atoms with Crippen LogP contribution in [0.4, 0.5) is 11.4 Å². The van der Waals surface area contributed by atoms with Crippen LogP contribution in [0.3, 0.4) is 0 Å². The molecule has 0 radical (unpaired) electrons. The van der Waals surface area contributed by atoms with E-state index in [0.29, 0.717) is 23.7 Å². The van der Waals surface area contributed by atoms with Crippen LogP contribution in [0.5, 0.6) is 0 Å². The lowest BCUT2D eigenvalue weighted by Gasteiger charge is -2.35. The third kappa shape index (κ3) is 5.21. The predicted molar refractivity (Wildman–Crippen MR) is 160 cm³/mol. The van der Waals surface area contributed by atoms with Gasteiger partial charge in [0.05, 0.1) is 0 Å². The zero-order chi connectivity index (χ0) is 26.9. The minimum absolute atomic E-state index is 0.166. The van der Waals surface area contributed by atoms with E-state index in [-0.39, 0.29) is 5.68 Å². The van der Waals surface area contributed by atoms with Gasteiger partial charge in [0.15, 0.2) is 5.68 Å². The third-order valence-corrected chi connectivity index (χ3v) is 7.72. The SMILES string of the molecule is CC(C)c1cccc(C(C)C)c1N1CCN(c2c(C(C)C)cccc2C(C)C)B1C(=O)c1ccccc1. The summed E-state index contributed by atoms with van der Waals surface area (Å²) >= 11 is 0. The molecule has 37 heavy (non-hydrogen) atoms. The summed E-state index contributed by atoms with van der Waals surface area (Å²) in [7, 11) is 0. The summed E-state index contributed by atoms with van der Waals surface area (Å²) in [5.41, 5.74) is 8.71. The standard InChI is InChI=1S/C33H43BN2O/c1-22(2)27-16-12-17-28(23(3)4)31(27)35-20-21-36(34(35)33(37)26-14-10-9-11-15-26)32-29(24(5)6)18-13-19-30(32)25(7)8/h9-19,22-25H,20-21H2,1-8H3. The Morgan fingerprint density at radius 1 is 0.568 bits per heavy atom. The molecule has 0 spiro atoms. The van der Waals surface area contributed by atoms with E-state index >= 15 is 0 Å². The quantitative estimate of drug-likeness (QED) is 0.294. The summed E-state index contributed by atoms with van der Waals surface area (Å²) in [5, 5.41) is 0. The fourth-order valence-electron chi connectivity index (χ4n) is 5.82. The topological polar surface area (TPSA) is 23.6 Å². The molecule has 0 atom stereocenters. The first-order valence-corrected chi connectivity index (χ1v) is 14.0. The molecule has 4 heteroatoms. The van der Waals surface area contributed by atoms with E-state index in [9.17, 15) is 4.79 Å². The molecule has 0 bridgehead atoms. The van der Waals surface area contributed by atoms with Crippen molar-refractivity contribution in [2.45, 2.75) is 79.1 Å². The Hall–Kier alpha value is -3.01. The Balaban J connectivity index is 1.97. The van der Waals surface area contributed by atoms with Crippen LogP contribution in [0.25, 0.3) is 0 Å². The Bertz CT molecular complexity index is 1110. The number of hydrogen-bond donors (Lipinski definition) is 0. The molecule has 3 aromatic carbocycles. The van der Waals surface area contributed by atoms with Gasteiger partial charge in [-0.2, -0.15) is 0 Å². The molecule has 4 rings (SSSR count). The van der Waals surface area contributed by atoms with Crippen LogP contribution in [0.15, 0.2) is 66.7 Å². The van der Waals surface area contributed by atoms with Crippen molar-refractivity contribution in [3.05, 3.63) is 94.5 Å². The van der Waals surface area contributed by atoms with Gasteiger partial charge in [-0.1, -0.05) is 122 Å². The molecular formula is C33H43BN2O. The fraction of sp³-hybridized carbons (Fsp3) is 0.424. The summed E-state index contributed by atoms with van der Waals surface area (Å²) in [6.07, 6.45) is 0. The Labute approximate surface area is 225 Å². The maximum atomic E-state index is 14.5. The molecule has 194 valence electrons. The molecule has 0 N–H and O–H groups in total. The van der Waals surface area contributed by atoms with E-state index < -0.39 is 6.98 Å². The van der Waals surface area contributed by atoms with Gasteiger partial charge in [0, 0.05) is 30.0 Å². The number of nitrogens with zero attached hydrogens (tertiary/aromatic N) is 2. The second-order valence-corrected chi connectivity index (χ2v) is 11.7. The summed E-state index contributed by atoms with van der Waals surface area (Å²) in [6, 6.07) is 23.2. The Kier molecular flexibility index (Phi) is 8.16. The molecule has 1 saturated heterocycles. The maximum Gasteiger partial charge on any atom is 0.456 e. The lowest BCUT2D eigenvalue weighted by atomic mass is 9.63.